The number of likely N-dealkylation sites (tertiary alicyclic amines) is 1. The molecule has 0 spiro atoms. The first-order chi connectivity index (χ1) is 16.1. The van der Waals surface area contributed by atoms with Crippen LogP contribution in [0, 0.1) is 5.92 Å². The normalized spacial score (nSPS) is 25.4. The molecule has 0 bridgehead atoms. The number of methoxy groups -OCH3 is 1. The Hall–Kier alpha value is -2.89. The van der Waals surface area contributed by atoms with E-state index in [1.54, 1.807) is 7.11 Å². The van der Waals surface area contributed by atoms with Crippen LogP contribution in [0.1, 0.15) is 43.7 Å². The van der Waals surface area contributed by atoms with Gasteiger partial charge in [-0.2, -0.15) is 0 Å². The second-order valence-corrected chi connectivity index (χ2v) is 9.47. The summed E-state index contributed by atoms with van der Waals surface area (Å²) in [7, 11) is 1.67. The highest BCUT2D eigenvalue weighted by molar-refractivity contribution is 6.02. The molecule has 2 aliphatic rings. The summed E-state index contributed by atoms with van der Waals surface area (Å²) in [4.78, 5) is 15.5. The summed E-state index contributed by atoms with van der Waals surface area (Å²) in [6, 6.07) is 22.2. The maximum atomic E-state index is 13.2. The number of hydrogen-bond acceptors (Lipinski definition) is 4. The van der Waals surface area contributed by atoms with Gasteiger partial charge in [0.2, 0.25) is 5.91 Å². The fraction of sp³-hybridized carbons (Fsp3) is 0.393. The highest BCUT2D eigenvalue weighted by Gasteiger charge is 2.49. The van der Waals surface area contributed by atoms with E-state index in [0.29, 0.717) is 19.5 Å². The summed E-state index contributed by atoms with van der Waals surface area (Å²) >= 11 is 0. The predicted octanol–water partition coefficient (Wildman–Crippen LogP) is 5.16. The molecule has 33 heavy (non-hydrogen) atoms. The average molecular weight is 445 g/mol. The molecule has 0 unspecified atom stereocenters. The number of hydrogen-bond donors (Lipinski definition) is 2. The molecule has 3 aromatic carbocycles. The zero-order valence-corrected chi connectivity index (χ0v) is 19.2. The van der Waals surface area contributed by atoms with Crippen molar-refractivity contribution in [3.8, 4) is 5.75 Å². The zero-order valence-electron chi connectivity index (χ0n) is 19.2. The van der Waals surface area contributed by atoms with Gasteiger partial charge in [0, 0.05) is 29.6 Å². The van der Waals surface area contributed by atoms with Crippen LogP contribution in [0.5, 0.6) is 5.75 Å². The Morgan fingerprint density at radius 3 is 2.67 bits per heavy atom. The van der Waals surface area contributed by atoms with Crippen LogP contribution in [-0.2, 0) is 4.79 Å². The average Bonchev–Trinajstić information content (AvgIpc) is 2.84. The van der Waals surface area contributed by atoms with E-state index in [1.165, 1.54) is 0 Å². The minimum atomic E-state index is -0.647. The van der Waals surface area contributed by atoms with Gasteiger partial charge >= 0.3 is 0 Å². The summed E-state index contributed by atoms with van der Waals surface area (Å²) in [6.45, 7) is 0.999. The van der Waals surface area contributed by atoms with Crippen LogP contribution in [0.3, 0.4) is 0 Å². The predicted molar refractivity (Wildman–Crippen MR) is 131 cm³/mol. The summed E-state index contributed by atoms with van der Waals surface area (Å²) in [5.41, 5.74) is 1.33. The van der Waals surface area contributed by atoms with Gasteiger partial charge in [0.1, 0.15) is 5.75 Å². The molecule has 3 atom stereocenters. The summed E-state index contributed by atoms with van der Waals surface area (Å²) in [5, 5.41) is 16.8. The van der Waals surface area contributed by atoms with Gasteiger partial charge < -0.3 is 15.2 Å². The third kappa shape index (κ3) is 4.35. The topological polar surface area (TPSA) is 61.8 Å². The largest absolute Gasteiger partial charge is 0.497 e. The molecule has 3 aromatic rings. The van der Waals surface area contributed by atoms with Gasteiger partial charge in [0.25, 0.3) is 0 Å². The zero-order chi connectivity index (χ0) is 22.8. The Morgan fingerprint density at radius 1 is 1.06 bits per heavy atom. The van der Waals surface area contributed by atoms with Gasteiger partial charge in [-0.3, -0.25) is 9.69 Å². The van der Waals surface area contributed by atoms with Crippen LogP contribution < -0.4 is 10.1 Å². The van der Waals surface area contributed by atoms with Crippen molar-refractivity contribution in [1.29, 1.82) is 0 Å². The van der Waals surface area contributed by atoms with E-state index in [-0.39, 0.29) is 17.9 Å². The second kappa shape index (κ2) is 9.16. The minimum absolute atomic E-state index is 0.00761. The third-order valence-corrected chi connectivity index (χ3v) is 7.54. The lowest BCUT2D eigenvalue weighted by atomic mass is 9.66. The Balaban J connectivity index is 1.40. The van der Waals surface area contributed by atoms with Crippen molar-refractivity contribution < 1.29 is 14.6 Å². The molecule has 2 fully saturated rings. The monoisotopic (exact) mass is 444 g/mol. The Labute approximate surface area is 195 Å². The number of amides is 1. The number of fused-ring (bicyclic) bond motifs is 2. The Bertz CT molecular complexity index is 1120. The first-order valence-corrected chi connectivity index (χ1v) is 12.0. The van der Waals surface area contributed by atoms with Gasteiger partial charge in [-0.25, -0.2) is 0 Å². The number of aliphatic hydroxyl groups is 1. The van der Waals surface area contributed by atoms with Crippen LogP contribution in [0.2, 0.25) is 0 Å². The highest BCUT2D eigenvalue weighted by Crippen LogP contribution is 2.49. The third-order valence-electron chi connectivity index (χ3n) is 7.54. The number of piperidine rings is 1. The molecule has 5 rings (SSSR count). The fourth-order valence-corrected chi connectivity index (χ4v) is 5.87. The molecule has 2 N–H and O–H groups in total. The molecule has 1 saturated carbocycles. The van der Waals surface area contributed by atoms with Gasteiger partial charge in [0.15, 0.2) is 0 Å². The number of benzene rings is 3. The van der Waals surface area contributed by atoms with Gasteiger partial charge in [-0.05, 0) is 48.4 Å². The molecule has 1 saturated heterocycles. The number of anilines is 1. The molecule has 5 nitrogen and oxygen atoms in total. The number of ether oxygens (including phenoxy) is 1. The Morgan fingerprint density at radius 2 is 1.85 bits per heavy atom. The smallest absolute Gasteiger partial charge is 0.238 e. The Kier molecular flexibility index (Phi) is 6.09. The minimum Gasteiger partial charge on any atom is -0.497 e. The number of nitrogens with zero attached hydrogens (tertiary/aromatic N) is 1. The fourth-order valence-electron chi connectivity index (χ4n) is 5.87. The summed E-state index contributed by atoms with van der Waals surface area (Å²) in [6.07, 6.45) is 4.74. The molecule has 1 aliphatic carbocycles. The van der Waals surface area contributed by atoms with E-state index in [9.17, 15) is 9.90 Å². The van der Waals surface area contributed by atoms with E-state index in [0.717, 1.165) is 53.5 Å². The molecule has 0 aromatic heterocycles. The summed E-state index contributed by atoms with van der Waals surface area (Å²) < 4.78 is 5.35. The SMILES string of the molecule is COc1ccc([C@H]2[C@@H]3CCCC[C@@]3(O)CCN2CC(=O)Nc2cccc3ccccc23)cc1. The molecule has 1 amide bonds. The van der Waals surface area contributed by atoms with Crippen molar-refractivity contribution in [3.05, 3.63) is 72.3 Å². The molecular formula is C28H32N2O3. The number of carbonyl (C=O) groups excluding carboxylic acids is 1. The van der Waals surface area contributed by atoms with Crippen molar-refractivity contribution in [3.63, 3.8) is 0 Å². The van der Waals surface area contributed by atoms with Crippen LogP contribution in [-0.4, -0.2) is 41.7 Å². The first-order valence-electron chi connectivity index (χ1n) is 12.0. The number of nitrogens with one attached hydrogen (secondary N) is 1. The van der Waals surface area contributed by atoms with E-state index in [2.05, 4.69) is 34.5 Å². The molecule has 1 aliphatic heterocycles. The summed E-state index contributed by atoms with van der Waals surface area (Å²) in [5.74, 6) is 0.915. The molecular weight excluding hydrogens is 412 g/mol. The van der Waals surface area contributed by atoms with Crippen molar-refractivity contribution in [1.82, 2.24) is 4.90 Å². The van der Waals surface area contributed by atoms with Crippen LogP contribution >= 0.6 is 0 Å². The van der Waals surface area contributed by atoms with Gasteiger partial charge in [0.05, 0.1) is 19.3 Å². The molecule has 172 valence electrons. The van der Waals surface area contributed by atoms with Crippen LogP contribution in [0.25, 0.3) is 10.8 Å². The standard InChI is InChI=1S/C28H32N2O3/c1-33-22-14-12-21(13-15-22)27-24-10-4-5-16-28(24,32)17-18-30(27)19-26(31)29-25-11-6-8-20-7-2-3-9-23(20)25/h2-3,6-9,11-15,24,27,32H,4-5,10,16-19H2,1H3,(H,29,31)/t24-,27-,28+/m0/s1. The number of rotatable bonds is 5. The van der Waals surface area contributed by atoms with Crippen molar-refractivity contribution in [2.45, 2.75) is 43.7 Å². The lowest BCUT2D eigenvalue weighted by Crippen LogP contribution is -2.56. The van der Waals surface area contributed by atoms with E-state index in [4.69, 9.17) is 4.74 Å². The lowest BCUT2D eigenvalue weighted by Gasteiger charge is -2.52. The van der Waals surface area contributed by atoms with Crippen molar-refractivity contribution in [2.24, 2.45) is 5.92 Å². The van der Waals surface area contributed by atoms with Crippen molar-refractivity contribution >= 4 is 22.4 Å². The molecule has 1 heterocycles. The quantitative estimate of drug-likeness (QED) is 0.571. The van der Waals surface area contributed by atoms with E-state index in [1.807, 2.05) is 42.5 Å². The van der Waals surface area contributed by atoms with Crippen molar-refractivity contribution in [2.75, 3.05) is 25.5 Å². The van der Waals surface area contributed by atoms with Crippen LogP contribution in [0.4, 0.5) is 5.69 Å². The number of carbonyl (C=O) groups is 1. The lowest BCUT2D eigenvalue weighted by molar-refractivity contribution is -0.135. The van der Waals surface area contributed by atoms with E-state index < -0.39 is 5.60 Å². The highest BCUT2D eigenvalue weighted by atomic mass is 16.5. The maximum absolute atomic E-state index is 13.2. The molecule has 5 heteroatoms. The second-order valence-electron chi connectivity index (χ2n) is 9.47. The first kappa shape index (κ1) is 21.9. The van der Waals surface area contributed by atoms with Gasteiger partial charge in [-0.1, -0.05) is 61.4 Å². The van der Waals surface area contributed by atoms with Crippen LogP contribution in [0.15, 0.2) is 66.7 Å². The maximum Gasteiger partial charge on any atom is 0.238 e. The molecule has 0 radical (unpaired) electrons. The van der Waals surface area contributed by atoms with Gasteiger partial charge in [-0.15, -0.1) is 0 Å². The van der Waals surface area contributed by atoms with E-state index >= 15 is 0 Å².